The van der Waals surface area contributed by atoms with E-state index in [9.17, 15) is 0 Å². The Bertz CT molecular complexity index is 399. The van der Waals surface area contributed by atoms with Crippen LogP contribution >= 0.6 is 0 Å². The first kappa shape index (κ1) is 14.9. The van der Waals surface area contributed by atoms with Gasteiger partial charge in [-0.3, -0.25) is 0 Å². The number of hydrogen-bond acceptors (Lipinski definition) is 5. The smallest absolute Gasteiger partial charge is 0.139 e. The van der Waals surface area contributed by atoms with Crippen LogP contribution < -0.4 is 19.9 Å². The summed E-state index contributed by atoms with van der Waals surface area (Å²) in [6.45, 7) is 0.551. The van der Waals surface area contributed by atoms with Crippen LogP contribution in [0.25, 0.3) is 0 Å². The molecule has 1 rings (SSSR count). The van der Waals surface area contributed by atoms with Crippen molar-refractivity contribution in [1.82, 2.24) is 0 Å². The number of rotatable bonds is 8. The number of ether oxygens (including phenoxy) is 3. The molecular formula is C13H20N2O4. The molecule has 0 atom stereocenters. The quantitative estimate of drug-likeness (QED) is 0.247. The zero-order valence-corrected chi connectivity index (χ0v) is 11.3. The molecule has 0 aliphatic rings. The first-order valence-electron chi connectivity index (χ1n) is 6.02. The van der Waals surface area contributed by atoms with Crippen molar-refractivity contribution >= 4 is 5.84 Å². The average molecular weight is 268 g/mol. The number of nitrogens with two attached hydrogens (primary N) is 1. The Labute approximate surface area is 112 Å². The molecule has 0 aliphatic heterocycles. The Balaban J connectivity index is 2.40. The summed E-state index contributed by atoms with van der Waals surface area (Å²) in [5.74, 6) is 2.31. The number of methoxy groups -OCH3 is 2. The maximum atomic E-state index is 8.39. The molecule has 0 unspecified atom stereocenters. The molecule has 19 heavy (non-hydrogen) atoms. The fraction of sp³-hybridized carbons (Fsp3) is 0.462. The average Bonchev–Trinajstić information content (AvgIpc) is 2.46. The third kappa shape index (κ3) is 5.37. The van der Waals surface area contributed by atoms with Gasteiger partial charge in [0.05, 0.1) is 20.8 Å². The van der Waals surface area contributed by atoms with Crippen LogP contribution in [0.15, 0.2) is 23.4 Å². The third-order valence-electron chi connectivity index (χ3n) is 2.55. The minimum absolute atomic E-state index is 0.239. The molecule has 106 valence electrons. The summed E-state index contributed by atoms with van der Waals surface area (Å²) in [4.78, 5) is 0. The van der Waals surface area contributed by atoms with Gasteiger partial charge in [-0.2, -0.15) is 0 Å². The highest BCUT2D eigenvalue weighted by Gasteiger charge is 2.03. The molecule has 0 amide bonds. The van der Waals surface area contributed by atoms with Crippen molar-refractivity contribution in [1.29, 1.82) is 0 Å². The molecule has 0 bridgehead atoms. The molecule has 3 N–H and O–H groups in total. The van der Waals surface area contributed by atoms with Gasteiger partial charge >= 0.3 is 0 Å². The van der Waals surface area contributed by atoms with Crippen LogP contribution in [0.3, 0.4) is 0 Å². The fourth-order valence-corrected chi connectivity index (χ4v) is 1.51. The molecule has 0 spiro atoms. The second-order valence-corrected chi connectivity index (χ2v) is 3.95. The molecule has 0 radical (unpaired) electrons. The van der Waals surface area contributed by atoms with Gasteiger partial charge in [0.2, 0.25) is 0 Å². The topological polar surface area (TPSA) is 86.3 Å². The zero-order valence-electron chi connectivity index (χ0n) is 11.3. The Morgan fingerprint density at radius 1 is 1.11 bits per heavy atom. The van der Waals surface area contributed by atoms with Crippen molar-refractivity contribution in [3.05, 3.63) is 18.2 Å². The van der Waals surface area contributed by atoms with E-state index < -0.39 is 0 Å². The Hall–Kier alpha value is -2.11. The van der Waals surface area contributed by atoms with Crippen LogP contribution in [0, 0.1) is 0 Å². The first-order chi connectivity index (χ1) is 9.19. The van der Waals surface area contributed by atoms with Crippen LogP contribution in [-0.2, 0) is 0 Å². The summed E-state index contributed by atoms with van der Waals surface area (Å²) in [6.07, 6.45) is 2.17. The molecule has 0 saturated carbocycles. The van der Waals surface area contributed by atoms with Gasteiger partial charge in [0.1, 0.15) is 23.1 Å². The lowest BCUT2D eigenvalue weighted by atomic mass is 10.2. The van der Waals surface area contributed by atoms with E-state index >= 15 is 0 Å². The summed E-state index contributed by atoms with van der Waals surface area (Å²) in [7, 11) is 3.19. The van der Waals surface area contributed by atoms with Crippen LogP contribution in [0.2, 0.25) is 0 Å². The summed E-state index contributed by atoms with van der Waals surface area (Å²) < 4.78 is 15.9. The van der Waals surface area contributed by atoms with E-state index in [0.717, 1.165) is 12.8 Å². The van der Waals surface area contributed by atoms with E-state index in [1.165, 1.54) is 0 Å². The minimum atomic E-state index is 0.239. The molecule has 0 fully saturated rings. The van der Waals surface area contributed by atoms with E-state index in [2.05, 4.69) is 5.16 Å². The SMILES string of the molecule is COc1cc(OC)cc(OCCCC/C(N)=N/O)c1. The number of benzene rings is 1. The van der Waals surface area contributed by atoms with E-state index in [1.54, 1.807) is 32.4 Å². The monoisotopic (exact) mass is 268 g/mol. The van der Waals surface area contributed by atoms with Crippen molar-refractivity contribution in [2.45, 2.75) is 19.3 Å². The van der Waals surface area contributed by atoms with Crippen LogP contribution in [0.4, 0.5) is 0 Å². The number of unbranched alkanes of at least 4 members (excludes halogenated alkanes) is 1. The summed E-state index contributed by atoms with van der Waals surface area (Å²) in [6, 6.07) is 5.38. The number of nitrogens with zero attached hydrogens (tertiary/aromatic N) is 1. The van der Waals surface area contributed by atoms with Crippen molar-refractivity contribution in [3.8, 4) is 17.2 Å². The van der Waals surface area contributed by atoms with Gasteiger partial charge in [0.25, 0.3) is 0 Å². The fourth-order valence-electron chi connectivity index (χ4n) is 1.51. The minimum Gasteiger partial charge on any atom is -0.496 e. The number of hydrogen-bond donors (Lipinski definition) is 2. The molecule has 1 aromatic rings. The standard InChI is InChI=1S/C13H20N2O4/c1-17-10-7-11(18-2)9-12(8-10)19-6-4-3-5-13(14)15-16/h7-9,16H,3-6H2,1-2H3,(H2,14,15). The Kier molecular flexibility index (Phi) is 6.35. The lowest BCUT2D eigenvalue weighted by molar-refractivity contribution is 0.300. The van der Waals surface area contributed by atoms with Gasteiger partial charge in [-0.25, -0.2) is 0 Å². The summed E-state index contributed by atoms with van der Waals surface area (Å²) >= 11 is 0. The van der Waals surface area contributed by atoms with Gasteiger partial charge in [-0.1, -0.05) is 5.16 Å². The van der Waals surface area contributed by atoms with Crippen molar-refractivity contribution < 1.29 is 19.4 Å². The zero-order chi connectivity index (χ0) is 14.1. The van der Waals surface area contributed by atoms with Crippen LogP contribution in [0.1, 0.15) is 19.3 Å². The Morgan fingerprint density at radius 2 is 1.68 bits per heavy atom. The van der Waals surface area contributed by atoms with Crippen LogP contribution in [-0.4, -0.2) is 31.9 Å². The van der Waals surface area contributed by atoms with Crippen molar-refractivity contribution in [2.24, 2.45) is 10.9 Å². The second-order valence-electron chi connectivity index (χ2n) is 3.95. The summed E-state index contributed by atoms with van der Waals surface area (Å²) in [5.41, 5.74) is 5.37. The molecule has 6 heteroatoms. The van der Waals surface area contributed by atoms with E-state index in [4.69, 9.17) is 25.2 Å². The molecule has 0 heterocycles. The molecule has 6 nitrogen and oxygen atoms in total. The molecule has 0 saturated heterocycles. The van der Waals surface area contributed by atoms with Crippen molar-refractivity contribution in [3.63, 3.8) is 0 Å². The maximum absolute atomic E-state index is 8.39. The third-order valence-corrected chi connectivity index (χ3v) is 2.55. The number of amidine groups is 1. The lowest BCUT2D eigenvalue weighted by Crippen LogP contribution is -2.11. The van der Waals surface area contributed by atoms with Crippen LogP contribution in [0.5, 0.6) is 17.2 Å². The normalized spacial score (nSPS) is 11.2. The largest absolute Gasteiger partial charge is 0.496 e. The number of oxime groups is 1. The van der Waals surface area contributed by atoms with Gasteiger partial charge < -0.3 is 25.2 Å². The predicted molar refractivity (Wildman–Crippen MR) is 72.3 cm³/mol. The first-order valence-corrected chi connectivity index (χ1v) is 6.02. The van der Waals surface area contributed by atoms with Gasteiger partial charge in [-0.05, 0) is 12.8 Å². The Morgan fingerprint density at radius 3 is 2.21 bits per heavy atom. The van der Waals surface area contributed by atoms with E-state index in [0.29, 0.717) is 30.3 Å². The molecule has 0 aromatic heterocycles. The highest BCUT2D eigenvalue weighted by atomic mass is 16.5. The highest BCUT2D eigenvalue weighted by molar-refractivity contribution is 5.79. The molecule has 0 aliphatic carbocycles. The van der Waals surface area contributed by atoms with Gasteiger partial charge in [0, 0.05) is 24.6 Å². The summed E-state index contributed by atoms with van der Waals surface area (Å²) in [5, 5.41) is 11.3. The molecular weight excluding hydrogens is 248 g/mol. The van der Waals surface area contributed by atoms with E-state index in [-0.39, 0.29) is 5.84 Å². The lowest BCUT2D eigenvalue weighted by Gasteiger charge is -2.10. The predicted octanol–water partition coefficient (Wildman–Crippen LogP) is 2.00. The second kappa shape index (κ2) is 8.07. The van der Waals surface area contributed by atoms with Crippen molar-refractivity contribution in [2.75, 3.05) is 20.8 Å². The maximum Gasteiger partial charge on any atom is 0.139 e. The van der Waals surface area contributed by atoms with Gasteiger partial charge in [-0.15, -0.1) is 0 Å². The van der Waals surface area contributed by atoms with Gasteiger partial charge in [0.15, 0.2) is 0 Å². The molecule has 1 aromatic carbocycles. The highest BCUT2D eigenvalue weighted by Crippen LogP contribution is 2.27. The van der Waals surface area contributed by atoms with E-state index in [1.807, 2.05) is 0 Å².